The van der Waals surface area contributed by atoms with Gasteiger partial charge in [0, 0.05) is 42.0 Å². The highest BCUT2D eigenvalue weighted by Crippen LogP contribution is 2.26. The van der Waals surface area contributed by atoms with Gasteiger partial charge in [0.25, 0.3) is 0 Å². The maximum atomic E-state index is 13.2. The number of aromatic nitrogens is 3. The van der Waals surface area contributed by atoms with E-state index in [4.69, 9.17) is 9.40 Å². The van der Waals surface area contributed by atoms with Crippen LogP contribution in [0.15, 0.2) is 78.0 Å². The predicted molar refractivity (Wildman–Crippen MR) is 105 cm³/mol. The lowest BCUT2D eigenvalue weighted by Crippen LogP contribution is -2.04. The van der Waals surface area contributed by atoms with Crippen molar-refractivity contribution in [2.24, 2.45) is 0 Å². The summed E-state index contributed by atoms with van der Waals surface area (Å²) >= 11 is 0. The first kappa shape index (κ1) is 18.0. The number of halogens is 1. The largest absolute Gasteiger partial charge is 0.472 e. The van der Waals surface area contributed by atoms with Gasteiger partial charge in [0.15, 0.2) is 0 Å². The van der Waals surface area contributed by atoms with Crippen LogP contribution < -0.4 is 0 Å². The third-order valence-electron chi connectivity index (χ3n) is 4.72. The van der Waals surface area contributed by atoms with Crippen LogP contribution in [0.2, 0.25) is 0 Å². The molecule has 0 bridgehead atoms. The average molecular weight is 373 g/mol. The molecule has 3 aromatic heterocycles. The molecule has 1 aromatic carbocycles. The zero-order chi connectivity index (χ0) is 19.3. The molecule has 0 amide bonds. The lowest BCUT2D eigenvalue weighted by molar-refractivity contribution is 0.568. The van der Waals surface area contributed by atoms with Crippen molar-refractivity contribution in [2.45, 2.75) is 25.7 Å². The van der Waals surface area contributed by atoms with Crippen LogP contribution in [0.5, 0.6) is 0 Å². The number of hydrogen-bond donors (Lipinski definition) is 0. The van der Waals surface area contributed by atoms with E-state index < -0.39 is 0 Å². The Bertz CT molecular complexity index is 1030. The molecule has 0 N–H and O–H groups in total. The Morgan fingerprint density at radius 3 is 2.50 bits per heavy atom. The normalized spacial score (nSPS) is 12.1. The van der Waals surface area contributed by atoms with E-state index in [1.54, 1.807) is 31.1 Å². The van der Waals surface area contributed by atoms with Crippen molar-refractivity contribution in [3.63, 3.8) is 0 Å². The third kappa shape index (κ3) is 4.31. The molecule has 4 nitrogen and oxygen atoms in total. The van der Waals surface area contributed by atoms with Gasteiger partial charge in [-0.1, -0.05) is 19.1 Å². The van der Waals surface area contributed by atoms with Gasteiger partial charge in [0.2, 0.25) is 0 Å². The van der Waals surface area contributed by atoms with E-state index >= 15 is 0 Å². The van der Waals surface area contributed by atoms with Gasteiger partial charge in [-0.25, -0.2) is 4.39 Å². The Balaban J connectivity index is 1.64. The van der Waals surface area contributed by atoms with E-state index in [2.05, 4.69) is 29.0 Å². The smallest absolute Gasteiger partial charge is 0.123 e. The Morgan fingerprint density at radius 2 is 1.79 bits per heavy atom. The second kappa shape index (κ2) is 8.13. The first-order valence-corrected chi connectivity index (χ1v) is 9.20. The summed E-state index contributed by atoms with van der Waals surface area (Å²) in [7, 11) is 0. The molecule has 4 rings (SSSR count). The number of hydrogen-bond acceptors (Lipinski definition) is 4. The topological polar surface area (TPSA) is 51.8 Å². The standard InChI is InChI=1S/C23H20FN3O/c1-16(17-2-4-20(24)5-3-17)10-21-11-19(18-6-9-28-15-18)12-22(27-21)13-23-14-25-7-8-26-23/h2-9,11-12,14-16H,10,13H2,1H3/t16-/m1/s1. The fourth-order valence-electron chi connectivity index (χ4n) is 3.27. The van der Waals surface area contributed by atoms with Crippen molar-refractivity contribution >= 4 is 0 Å². The van der Waals surface area contributed by atoms with Gasteiger partial charge in [-0.2, -0.15) is 0 Å². The SMILES string of the molecule is C[C@H](Cc1cc(-c2ccoc2)cc(Cc2cnccn2)n1)c1ccc(F)cc1. The van der Waals surface area contributed by atoms with E-state index in [1.807, 2.05) is 18.2 Å². The highest BCUT2D eigenvalue weighted by Gasteiger charge is 2.12. The fourth-order valence-corrected chi connectivity index (χ4v) is 3.27. The molecule has 1 atom stereocenters. The van der Waals surface area contributed by atoms with Gasteiger partial charge in [0.05, 0.1) is 18.2 Å². The average Bonchev–Trinajstić information content (AvgIpc) is 3.24. The third-order valence-corrected chi connectivity index (χ3v) is 4.72. The summed E-state index contributed by atoms with van der Waals surface area (Å²) in [6, 6.07) is 12.8. The van der Waals surface area contributed by atoms with Crippen molar-refractivity contribution in [2.75, 3.05) is 0 Å². The summed E-state index contributed by atoms with van der Waals surface area (Å²) in [5, 5.41) is 0. The van der Waals surface area contributed by atoms with Gasteiger partial charge in [-0.3, -0.25) is 15.0 Å². The number of nitrogens with zero attached hydrogens (tertiary/aromatic N) is 3. The van der Waals surface area contributed by atoms with E-state index in [-0.39, 0.29) is 11.7 Å². The van der Waals surface area contributed by atoms with Crippen LogP contribution in [0.1, 0.15) is 35.5 Å². The second-order valence-electron chi connectivity index (χ2n) is 6.88. The van der Waals surface area contributed by atoms with Crippen molar-refractivity contribution in [3.05, 3.63) is 102 Å². The first-order chi connectivity index (χ1) is 13.7. The Kier molecular flexibility index (Phi) is 5.24. The van der Waals surface area contributed by atoms with Gasteiger partial charge in [-0.15, -0.1) is 0 Å². The summed E-state index contributed by atoms with van der Waals surface area (Å²) in [6.07, 6.45) is 9.87. The monoisotopic (exact) mass is 373 g/mol. The number of benzene rings is 1. The van der Waals surface area contributed by atoms with E-state index in [0.29, 0.717) is 6.42 Å². The molecule has 0 aliphatic carbocycles. The fraction of sp³-hybridized carbons (Fsp3) is 0.174. The lowest BCUT2D eigenvalue weighted by Gasteiger charge is -2.14. The van der Waals surface area contributed by atoms with E-state index in [9.17, 15) is 4.39 Å². The summed E-state index contributed by atoms with van der Waals surface area (Å²) in [6.45, 7) is 2.13. The van der Waals surface area contributed by atoms with Crippen LogP contribution in [0.4, 0.5) is 4.39 Å². The summed E-state index contributed by atoms with van der Waals surface area (Å²) in [5.74, 6) is -0.000598. The molecule has 5 heteroatoms. The maximum Gasteiger partial charge on any atom is 0.123 e. The summed E-state index contributed by atoms with van der Waals surface area (Å²) < 4.78 is 18.5. The van der Waals surface area contributed by atoms with Crippen LogP contribution in [0.25, 0.3) is 11.1 Å². The van der Waals surface area contributed by atoms with Crippen LogP contribution in [-0.2, 0) is 12.8 Å². The lowest BCUT2D eigenvalue weighted by atomic mass is 9.94. The van der Waals surface area contributed by atoms with Crippen molar-refractivity contribution < 1.29 is 8.81 Å². The molecule has 140 valence electrons. The molecule has 0 spiro atoms. The zero-order valence-electron chi connectivity index (χ0n) is 15.5. The van der Waals surface area contributed by atoms with Crippen LogP contribution >= 0.6 is 0 Å². The Morgan fingerprint density at radius 1 is 0.964 bits per heavy atom. The molecule has 0 aliphatic heterocycles. The minimum atomic E-state index is -0.220. The predicted octanol–water partition coefficient (Wildman–Crippen LogP) is 5.21. The van der Waals surface area contributed by atoms with Crippen LogP contribution in [0, 0.1) is 5.82 Å². The molecule has 0 unspecified atom stereocenters. The van der Waals surface area contributed by atoms with Crippen molar-refractivity contribution in [3.8, 4) is 11.1 Å². The number of furan rings is 1. The molecule has 0 radical (unpaired) electrons. The minimum Gasteiger partial charge on any atom is -0.472 e. The van der Waals surface area contributed by atoms with E-state index in [0.717, 1.165) is 40.2 Å². The molecule has 0 aliphatic rings. The molecule has 0 fully saturated rings. The van der Waals surface area contributed by atoms with Crippen molar-refractivity contribution in [1.29, 1.82) is 0 Å². The first-order valence-electron chi connectivity index (χ1n) is 9.20. The molecular formula is C23H20FN3O. The van der Waals surface area contributed by atoms with Gasteiger partial charge < -0.3 is 4.42 Å². The second-order valence-corrected chi connectivity index (χ2v) is 6.88. The van der Waals surface area contributed by atoms with Gasteiger partial charge in [-0.05, 0) is 53.8 Å². The molecule has 28 heavy (non-hydrogen) atoms. The number of pyridine rings is 1. The minimum absolute atomic E-state index is 0.220. The van der Waals surface area contributed by atoms with Crippen LogP contribution in [-0.4, -0.2) is 15.0 Å². The van der Waals surface area contributed by atoms with Gasteiger partial charge in [0.1, 0.15) is 5.82 Å². The zero-order valence-corrected chi connectivity index (χ0v) is 15.5. The van der Waals surface area contributed by atoms with E-state index in [1.165, 1.54) is 12.1 Å². The Labute approximate surface area is 163 Å². The molecular weight excluding hydrogens is 353 g/mol. The molecule has 4 aromatic rings. The maximum absolute atomic E-state index is 13.2. The molecule has 0 saturated carbocycles. The quantitative estimate of drug-likeness (QED) is 0.466. The highest BCUT2D eigenvalue weighted by atomic mass is 19.1. The molecule has 3 heterocycles. The summed E-state index contributed by atoms with van der Waals surface area (Å²) in [4.78, 5) is 13.3. The Hall–Kier alpha value is -3.34. The van der Waals surface area contributed by atoms with Crippen molar-refractivity contribution in [1.82, 2.24) is 15.0 Å². The highest BCUT2D eigenvalue weighted by molar-refractivity contribution is 5.63. The molecule has 0 saturated heterocycles. The van der Waals surface area contributed by atoms with Gasteiger partial charge >= 0.3 is 0 Å². The number of rotatable bonds is 6. The summed E-state index contributed by atoms with van der Waals surface area (Å²) in [5.41, 5.74) is 5.95. The van der Waals surface area contributed by atoms with Crippen LogP contribution in [0.3, 0.4) is 0 Å².